The highest BCUT2D eigenvalue weighted by atomic mass is 32.2. The summed E-state index contributed by atoms with van der Waals surface area (Å²) in [6, 6.07) is 10.2. The second-order valence-corrected chi connectivity index (χ2v) is 5.81. The van der Waals surface area contributed by atoms with Crippen molar-refractivity contribution in [3.8, 4) is 11.6 Å². The topological polar surface area (TPSA) is 56.7 Å². The van der Waals surface area contributed by atoms with Gasteiger partial charge in [0.15, 0.2) is 0 Å². The predicted molar refractivity (Wildman–Crippen MR) is 82.0 cm³/mol. The van der Waals surface area contributed by atoms with Crippen molar-refractivity contribution < 1.29 is 4.42 Å². The van der Waals surface area contributed by atoms with Crippen molar-refractivity contribution >= 4 is 11.8 Å². The molecule has 0 aliphatic rings. The molecule has 0 spiro atoms. The van der Waals surface area contributed by atoms with Crippen LogP contribution >= 0.6 is 11.8 Å². The number of aromatic nitrogens is 4. The molecule has 0 radical (unpaired) electrons. The van der Waals surface area contributed by atoms with Gasteiger partial charge in [-0.25, -0.2) is 0 Å². The minimum absolute atomic E-state index is 0.464. The molecule has 2 heterocycles. The van der Waals surface area contributed by atoms with E-state index < -0.39 is 0 Å². The summed E-state index contributed by atoms with van der Waals surface area (Å²) in [7, 11) is 1.89. The Balaban J connectivity index is 1.72. The van der Waals surface area contributed by atoms with Crippen molar-refractivity contribution in [2.75, 3.05) is 0 Å². The van der Waals surface area contributed by atoms with Crippen LogP contribution in [0.15, 0.2) is 40.0 Å². The maximum absolute atomic E-state index is 5.66. The quantitative estimate of drug-likeness (QED) is 0.691. The zero-order chi connectivity index (χ0) is 14.8. The van der Waals surface area contributed by atoms with E-state index in [1.54, 1.807) is 4.68 Å². The normalized spacial score (nSPS) is 11.0. The third-order valence-corrected chi connectivity index (χ3v) is 4.22. The van der Waals surface area contributed by atoms with Crippen LogP contribution < -0.4 is 0 Å². The molecule has 0 bridgehead atoms. The van der Waals surface area contributed by atoms with Crippen molar-refractivity contribution in [3.63, 3.8) is 0 Å². The number of hydrogen-bond donors (Lipinski definition) is 0. The molecule has 0 unspecified atom stereocenters. The van der Waals surface area contributed by atoms with Gasteiger partial charge in [-0.15, -0.1) is 10.2 Å². The minimum atomic E-state index is 0.464. The Morgan fingerprint density at radius 2 is 2.00 bits per heavy atom. The molecule has 0 N–H and O–H groups in total. The molecule has 0 amide bonds. The van der Waals surface area contributed by atoms with Crippen LogP contribution in [-0.2, 0) is 12.8 Å². The van der Waals surface area contributed by atoms with Gasteiger partial charge in [0.05, 0.1) is 0 Å². The SMILES string of the molecule is Cc1ccccc1CSc1nnc(-c2cc(C)n(C)n2)o1. The summed E-state index contributed by atoms with van der Waals surface area (Å²) >= 11 is 1.54. The van der Waals surface area contributed by atoms with Crippen LogP contribution in [0.4, 0.5) is 0 Å². The Labute approximate surface area is 127 Å². The van der Waals surface area contributed by atoms with E-state index in [0.717, 1.165) is 11.4 Å². The molecule has 108 valence electrons. The Morgan fingerprint density at radius 1 is 1.19 bits per heavy atom. The number of aryl methyl sites for hydroxylation is 3. The second-order valence-electron chi connectivity index (χ2n) is 4.88. The van der Waals surface area contributed by atoms with E-state index in [1.807, 2.05) is 32.2 Å². The van der Waals surface area contributed by atoms with Gasteiger partial charge in [-0.2, -0.15) is 5.10 Å². The third-order valence-electron chi connectivity index (χ3n) is 3.35. The molecule has 0 saturated heterocycles. The number of benzene rings is 1. The third kappa shape index (κ3) is 3.00. The van der Waals surface area contributed by atoms with Gasteiger partial charge in [0.1, 0.15) is 5.69 Å². The van der Waals surface area contributed by atoms with Gasteiger partial charge >= 0.3 is 0 Å². The van der Waals surface area contributed by atoms with Crippen LogP contribution in [0.2, 0.25) is 0 Å². The Morgan fingerprint density at radius 3 is 2.71 bits per heavy atom. The summed E-state index contributed by atoms with van der Waals surface area (Å²) < 4.78 is 7.46. The van der Waals surface area contributed by atoms with E-state index in [9.17, 15) is 0 Å². The first-order valence-corrected chi connectivity index (χ1v) is 7.64. The van der Waals surface area contributed by atoms with Gasteiger partial charge in [0.25, 0.3) is 11.1 Å². The first-order chi connectivity index (χ1) is 10.1. The highest BCUT2D eigenvalue weighted by molar-refractivity contribution is 7.98. The van der Waals surface area contributed by atoms with Gasteiger partial charge in [-0.1, -0.05) is 36.0 Å². The van der Waals surface area contributed by atoms with E-state index in [-0.39, 0.29) is 0 Å². The second kappa shape index (κ2) is 5.73. The fourth-order valence-corrected chi connectivity index (χ4v) is 2.79. The van der Waals surface area contributed by atoms with Crippen LogP contribution in [0.1, 0.15) is 16.8 Å². The fourth-order valence-electron chi connectivity index (χ4n) is 1.95. The van der Waals surface area contributed by atoms with Gasteiger partial charge in [0.2, 0.25) is 0 Å². The Bertz CT molecular complexity index is 743. The zero-order valence-corrected chi connectivity index (χ0v) is 13.0. The molecule has 0 fully saturated rings. The lowest BCUT2D eigenvalue weighted by Gasteiger charge is -2.01. The molecule has 21 heavy (non-hydrogen) atoms. The zero-order valence-electron chi connectivity index (χ0n) is 12.2. The van der Waals surface area contributed by atoms with E-state index in [0.29, 0.717) is 16.8 Å². The highest BCUT2D eigenvalue weighted by Crippen LogP contribution is 2.26. The van der Waals surface area contributed by atoms with Crippen LogP contribution in [-0.4, -0.2) is 20.0 Å². The summed E-state index contributed by atoms with van der Waals surface area (Å²) in [6.45, 7) is 4.09. The first kappa shape index (κ1) is 13.9. The standard InChI is InChI=1S/C15H16N4OS/c1-10-6-4-5-7-12(10)9-21-15-17-16-14(20-15)13-8-11(2)19(3)18-13/h4-8H,9H2,1-3H3. The lowest BCUT2D eigenvalue weighted by Crippen LogP contribution is -1.92. The molecular weight excluding hydrogens is 284 g/mol. The molecule has 1 aromatic carbocycles. The number of hydrogen-bond acceptors (Lipinski definition) is 5. The van der Waals surface area contributed by atoms with Gasteiger partial charge in [0, 0.05) is 18.5 Å². The molecule has 0 aliphatic carbocycles. The molecule has 0 atom stereocenters. The van der Waals surface area contributed by atoms with Crippen molar-refractivity contribution in [1.82, 2.24) is 20.0 Å². The highest BCUT2D eigenvalue weighted by Gasteiger charge is 2.13. The number of rotatable bonds is 4. The maximum atomic E-state index is 5.66. The summed E-state index contributed by atoms with van der Waals surface area (Å²) in [6.07, 6.45) is 0. The van der Waals surface area contributed by atoms with Crippen molar-refractivity contribution in [2.45, 2.75) is 24.8 Å². The van der Waals surface area contributed by atoms with E-state index >= 15 is 0 Å². The van der Waals surface area contributed by atoms with Gasteiger partial charge in [-0.3, -0.25) is 4.68 Å². The van der Waals surface area contributed by atoms with Gasteiger partial charge < -0.3 is 4.42 Å². The fraction of sp³-hybridized carbons (Fsp3) is 0.267. The van der Waals surface area contributed by atoms with Crippen molar-refractivity contribution in [2.24, 2.45) is 7.05 Å². The van der Waals surface area contributed by atoms with Crippen molar-refractivity contribution in [3.05, 3.63) is 47.2 Å². The van der Waals surface area contributed by atoms with Crippen LogP contribution in [0, 0.1) is 13.8 Å². The monoisotopic (exact) mass is 300 g/mol. The molecule has 0 saturated carbocycles. The molecule has 5 nitrogen and oxygen atoms in total. The van der Waals surface area contributed by atoms with Crippen LogP contribution in [0.5, 0.6) is 0 Å². The average Bonchev–Trinajstić information content (AvgIpc) is 3.06. The smallest absolute Gasteiger partial charge is 0.277 e. The number of nitrogens with zero attached hydrogens (tertiary/aromatic N) is 4. The average molecular weight is 300 g/mol. The Kier molecular flexibility index (Phi) is 3.79. The Hall–Kier alpha value is -2.08. The first-order valence-electron chi connectivity index (χ1n) is 6.65. The molecule has 0 aliphatic heterocycles. The van der Waals surface area contributed by atoms with Crippen LogP contribution in [0.25, 0.3) is 11.6 Å². The molecule has 6 heteroatoms. The number of thioether (sulfide) groups is 1. The predicted octanol–water partition coefficient (Wildman–Crippen LogP) is 3.38. The maximum Gasteiger partial charge on any atom is 0.277 e. The minimum Gasteiger partial charge on any atom is -0.410 e. The molecular formula is C15H16N4OS. The van der Waals surface area contributed by atoms with E-state index in [4.69, 9.17) is 4.42 Å². The summed E-state index contributed by atoms with van der Waals surface area (Å²) in [5.41, 5.74) is 4.31. The van der Waals surface area contributed by atoms with Crippen molar-refractivity contribution in [1.29, 1.82) is 0 Å². The summed E-state index contributed by atoms with van der Waals surface area (Å²) in [4.78, 5) is 0. The van der Waals surface area contributed by atoms with E-state index in [2.05, 4.69) is 34.4 Å². The largest absolute Gasteiger partial charge is 0.410 e. The molecule has 3 aromatic rings. The lowest BCUT2D eigenvalue weighted by atomic mass is 10.1. The molecule has 3 rings (SSSR count). The van der Waals surface area contributed by atoms with Gasteiger partial charge in [-0.05, 0) is 31.0 Å². The summed E-state index contributed by atoms with van der Waals surface area (Å²) in [5, 5.41) is 13.0. The van der Waals surface area contributed by atoms with E-state index in [1.165, 1.54) is 22.9 Å². The summed E-state index contributed by atoms with van der Waals surface area (Å²) in [5.74, 6) is 1.28. The lowest BCUT2D eigenvalue weighted by molar-refractivity contribution is 0.464. The molecule has 2 aromatic heterocycles. The van der Waals surface area contributed by atoms with Crippen LogP contribution in [0.3, 0.4) is 0 Å².